The van der Waals surface area contributed by atoms with Gasteiger partial charge in [-0.05, 0) is 61.0 Å². The predicted octanol–water partition coefficient (Wildman–Crippen LogP) is 5.71. The largest absolute Gasteiger partial charge is 0.264 e. The van der Waals surface area contributed by atoms with Gasteiger partial charge in [-0.15, -0.1) is 0 Å². The molecule has 146 valence electrons. The standard InChI is InChI=1S/C20H15ClF3NO2S/c1-13(14-2-6-16(22)7-3-14)25(20-12-17(23)8-11-19(20)24)28(26,27)18-9-4-15(21)5-10-18/h2-13H,1H3/t13-/m1/s1. The lowest BCUT2D eigenvalue weighted by Crippen LogP contribution is -2.34. The fourth-order valence-corrected chi connectivity index (χ4v) is 4.57. The van der Waals surface area contributed by atoms with Crippen LogP contribution in [0, 0.1) is 17.5 Å². The van der Waals surface area contributed by atoms with Crippen LogP contribution < -0.4 is 4.31 Å². The Hall–Kier alpha value is -2.51. The van der Waals surface area contributed by atoms with Crippen molar-refractivity contribution in [2.75, 3.05) is 4.31 Å². The van der Waals surface area contributed by atoms with Crippen LogP contribution >= 0.6 is 11.6 Å². The molecular formula is C20H15ClF3NO2S. The van der Waals surface area contributed by atoms with Gasteiger partial charge in [0.1, 0.15) is 17.5 Å². The molecule has 0 amide bonds. The van der Waals surface area contributed by atoms with Crippen molar-refractivity contribution in [2.24, 2.45) is 0 Å². The van der Waals surface area contributed by atoms with Crippen LogP contribution in [0.5, 0.6) is 0 Å². The monoisotopic (exact) mass is 425 g/mol. The maximum atomic E-state index is 14.5. The minimum Gasteiger partial charge on any atom is -0.256 e. The molecule has 3 aromatic carbocycles. The van der Waals surface area contributed by atoms with Crippen LogP contribution in [-0.2, 0) is 10.0 Å². The molecule has 0 bridgehead atoms. The van der Waals surface area contributed by atoms with E-state index < -0.39 is 39.2 Å². The molecule has 3 aromatic rings. The van der Waals surface area contributed by atoms with Crippen molar-refractivity contribution in [1.29, 1.82) is 0 Å². The average Bonchev–Trinajstić information content (AvgIpc) is 2.65. The van der Waals surface area contributed by atoms with E-state index in [2.05, 4.69) is 0 Å². The first kappa shape index (κ1) is 20.2. The summed E-state index contributed by atoms with van der Waals surface area (Å²) >= 11 is 5.82. The molecule has 28 heavy (non-hydrogen) atoms. The van der Waals surface area contributed by atoms with Gasteiger partial charge >= 0.3 is 0 Å². The molecule has 0 heterocycles. The first-order chi connectivity index (χ1) is 13.2. The van der Waals surface area contributed by atoms with Crippen molar-refractivity contribution in [3.8, 4) is 0 Å². The van der Waals surface area contributed by atoms with Gasteiger partial charge in [0.05, 0.1) is 16.6 Å². The number of nitrogens with zero attached hydrogens (tertiary/aromatic N) is 1. The van der Waals surface area contributed by atoms with Gasteiger partial charge in [-0.3, -0.25) is 4.31 Å². The number of anilines is 1. The Balaban J connectivity index is 2.20. The summed E-state index contributed by atoms with van der Waals surface area (Å²) < 4.78 is 69.0. The molecule has 3 rings (SSSR count). The van der Waals surface area contributed by atoms with E-state index in [-0.39, 0.29) is 4.90 Å². The lowest BCUT2D eigenvalue weighted by atomic mass is 10.1. The van der Waals surface area contributed by atoms with Crippen LogP contribution in [0.3, 0.4) is 0 Å². The van der Waals surface area contributed by atoms with Crippen molar-refractivity contribution in [2.45, 2.75) is 17.9 Å². The van der Waals surface area contributed by atoms with Gasteiger partial charge in [0.2, 0.25) is 0 Å². The molecule has 0 fully saturated rings. The fraction of sp³-hybridized carbons (Fsp3) is 0.100. The molecule has 1 atom stereocenters. The first-order valence-corrected chi connectivity index (χ1v) is 10.0. The Bertz CT molecular complexity index is 1090. The highest BCUT2D eigenvalue weighted by Gasteiger charge is 2.32. The molecule has 0 unspecified atom stereocenters. The summed E-state index contributed by atoms with van der Waals surface area (Å²) in [5, 5.41) is 0.328. The van der Waals surface area contributed by atoms with Crippen LogP contribution in [0.2, 0.25) is 5.02 Å². The van der Waals surface area contributed by atoms with Crippen molar-refractivity contribution < 1.29 is 21.6 Å². The number of hydrogen-bond acceptors (Lipinski definition) is 2. The van der Waals surface area contributed by atoms with Gasteiger partial charge < -0.3 is 0 Å². The van der Waals surface area contributed by atoms with E-state index in [9.17, 15) is 21.6 Å². The lowest BCUT2D eigenvalue weighted by molar-refractivity contribution is 0.570. The zero-order chi connectivity index (χ0) is 20.5. The lowest BCUT2D eigenvalue weighted by Gasteiger charge is -2.31. The second kappa shape index (κ2) is 7.85. The van der Waals surface area contributed by atoms with Gasteiger partial charge in [0, 0.05) is 11.1 Å². The van der Waals surface area contributed by atoms with Gasteiger partial charge in [-0.2, -0.15) is 0 Å². The van der Waals surface area contributed by atoms with Crippen LogP contribution in [-0.4, -0.2) is 8.42 Å². The van der Waals surface area contributed by atoms with E-state index in [4.69, 9.17) is 11.6 Å². The molecule has 0 aromatic heterocycles. The van der Waals surface area contributed by atoms with E-state index in [1.165, 1.54) is 55.5 Å². The Morgan fingerprint density at radius 2 is 1.43 bits per heavy atom. The van der Waals surface area contributed by atoms with Crippen molar-refractivity contribution in [3.05, 3.63) is 94.8 Å². The molecule has 0 aliphatic carbocycles. The number of halogens is 4. The molecular weight excluding hydrogens is 411 g/mol. The zero-order valence-corrected chi connectivity index (χ0v) is 16.2. The summed E-state index contributed by atoms with van der Waals surface area (Å²) in [6.45, 7) is 1.51. The second-order valence-corrected chi connectivity index (χ2v) is 8.33. The molecule has 0 saturated heterocycles. The molecule has 0 radical (unpaired) electrons. The maximum absolute atomic E-state index is 14.5. The number of benzene rings is 3. The number of rotatable bonds is 5. The van der Waals surface area contributed by atoms with E-state index in [0.717, 1.165) is 22.5 Å². The minimum atomic E-state index is -4.29. The Morgan fingerprint density at radius 1 is 0.857 bits per heavy atom. The van der Waals surface area contributed by atoms with E-state index in [1.54, 1.807) is 0 Å². The smallest absolute Gasteiger partial charge is 0.256 e. The van der Waals surface area contributed by atoms with Gasteiger partial charge in [0.25, 0.3) is 10.0 Å². The van der Waals surface area contributed by atoms with Gasteiger partial charge in [-0.25, -0.2) is 21.6 Å². The summed E-state index contributed by atoms with van der Waals surface area (Å²) in [6, 6.07) is 12.1. The quantitative estimate of drug-likeness (QED) is 0.524. The normalized spacial score (nSPS) is 12.6. The Kier molecular flexibility index (Phi) is 5.67. The van der Waals surface area contributed by atoms with E-state index in [1.807, 2.05) is 0 Å². The third kappa shape index (κ3) is 4.00. The Morgan fingerprint density at radius 3 is 2.04 bits per heavy atom. The maximum Gasteiger partial charge on any atom is 0.264 e. The summed E-state index contributed by atoms with van der Waals surface area (Å²) in [7, 11) is -4.29. The van der Waals surface area contributed by atoms with Gasteiger partial charge in [-0.1, -0.05) is 23.7 Å². The molecule has 0 N–H and O–H groups in total. The van der Waals surface area contributed by atoms with Crippen LogP contribution in [0.15, 0.2) is 71.6 Å². The average molecular weight is 426 g/mol. The summed E-state index contributed by atoms with van der Waals surface area (Å²) in [4.78, 5) is -0.144. The van der Waals surface area contributed by atoms with Gasteiger partial charge in [0.15, 0.2) is 0 Å². The third-order valence-electron chi connectivity index (χ3n) is 4.22. The fourth-order valence-electron chi connectivity index (χ4n) is 2.80. The zero-order valence-electron chi connectivity index (χ0n) is 14.6. The highest BCUT2D eigenvalue weighted by atomic mass is 35.5. The number of sulfonamides is 1. The highest BCUT2D eigenvalue weighted by Crippen LogP contribution is 2.35. The molecule has 8 heteroatoms. The number of hydrogen-bond donors (Lipinski definition) is 0. The summed E-state index contributed by atoms with van der Waals surface area (Å²) in [5.41, 5.74) is -0.0469. The molecule has 0 aliphatic heterocycles. The minimum absolute atomic E-state index is 0.144. The molecule has 0 spiro atoms. The van der Waals surface area contributed by atoms with Crippen LogP contribution in [0.25, 0.3) is 0 Å². The van der Waals surface area contributed by atoms with E-state index >= 15 is 0 Å². The highest BCUT2D eigenvalue weighted by molar-refractivity contribution is 7.92. The van der Waals surface area contributed by atoms with Crippen molar-refractivity contribution in [1.82, 2.24) is 0 Å². The molecule has 3 nitrogen and oxygen atoms in total. The first-order valence-electron chi connectivity index (χ1n) is 8.20. The molecule has 0 aliphatic rings. The third-order valence-corrected chi connectivity index (χ3v) is 6.37. The summed E-state index contributed by atoms with van der Waals surface area (Å²) in [5.74, 6) is -2.20. The van der Waals surface area contributed by atoms with Crippen LogP contribution in [0.1, 0.15) is 18.5 Å². The van der Waals surface area contributed by atoms with Crippen molar-refractivity contribution in [3.63, 3.8) is 0 Å². The SMILES string of the molecule is C[C@H](c1ccc(F)cc1)N(c1cc(F)ccc1F)S(=O)(=O)c1ccc(Cl)cc1. The summed E-state index contributed by atoms with van der Waals surface area (Å²) in [6.07, 6.45) is 0. The Labute approximate surface area is 166 Å². The molecule has 0 saturated carbocycles. The topological polar surface area (TPSA) is 37.4 Å². The predicted molar refractivity (Wildman–Crippen MR) is 102 cm³/mol. The second-order valence-electron chi connectivity index (χ2n) is 6.08. The van der Waals surface area contributed by atoms with Crippen LogP contribution in [0.4, 0.5) is 18.9 Å². The van der Waals surface area contributed by atoms with E-state index in [0.29, 0.717) is 10.6 Å². The van der Waals surface area contributed by atoms with Crippen molar-refractivity contribution >= 4 is 27.3 Å².